The van der Waals surface area contributed by atoms with Gasteiger partial charge in [-0.3, -0.25) is 4.79 Å². The molecule has 0 saturated heterocycles. The Hall–Kier alpha value is -1.33. The van der Waals surface area contributed by atoms with E-state index in [2.05, 4.69) is 33.2 Å². The minimum atomic E-state index is -0.154. The van der Waals surface area contributed by atoms with Crippen molar-refractivity contribution in [1.29, 1.82) is 0 Å². The summed E-state index contributed by atoms with van der Waals surface area (Å²) in [4.78, 5) is 17.3. The van der Waals surface area contributed by atoms with E-state index in [0.717, 1.165) is 10.2 Å². The molecule has 1 aromatic carbocycles. The van der Waals surface area contributed by atoms with Crippen LogP contribution in [-0.4, -0.2) is 16.6 Å². The second kappa shape index (κ2) is 6.73. The first-order chi connectivity index (χ1) is 9.19. The summed E-state index contributed by atoms with van der Waals surface area (Å²) in [5, 5.41) is 2.76. The normalized spacial score (nSPS) is 10.2. The van der Waals surface area contributed by atoms with Crippen molar-refractivity contribution in [3.05, 3.63) is 52.6 Å². The van der Waals surface area contributed by atoms with Gasteiger partial charge in [0.15, 0.2) is 0 Å². The number of amides is 1. The number of anilines is 1. The third-order valence-corrected chi connectivity index (χ3v) is 3.78. The third-order valence-electron chi connectivity index (χ3n) is 2.39. The van der Waals surface area contributed by atoms with Gasteiger partial charge in [-0.25, -0.2) is 4.98 Å². The second-order valence-corrected chi connectivity index (χ2v) is 6.02. The van der Waals surface area contributed by atoms with Gasteiger partial charge in [-0.1, -0.05) is 22.9 Å². The SMILES string of the molecule is CCSc1ccc(C(=O)Nc2cc(Br)ccn2)cc1. The monoisotopic (exact) mass is 336 g/mol. The van der Waals surface area contributed by atoms with Crippen LogP contribution in [0.2, 0.25) is 0 Å². The number of pyridine rings is 1. The summed E-state index contributed by atoms with van der Waals surface area (Å²) in [6.07, 6.45) is 1.64. The van der Waals surface area contributed by atoms with Crippen LogP contribution in [0, 0.1) is 0 Å². The molecule has 19 heavy (non-hydrogen) atoms. The summed E-state index contributed by atoms with van der Waals surface area (Å²) in [6, 6.07) is 11.1. The highest BCUT2D eigenvalue weighted by molar-refractivity contribution is 9.10. The average molecular weight is 337 g/mol. The number of hydrogen-bond acceptors (Lipinski definition) is 3. The lowest BCUT2D eigenvalue weighted by Gasteiger charge is -2.05. The molecule has 1 N–H and O–H groups in total. The fourth-order valence-corrected chi connectivity index (χ4v) is 2.53. The lowest BCUT2D eigenvalue weighted by molar-refractivity contribution is 0.102. The van der Waals surface area contributed by atoms with Crippen molar-refractivity contribution in [1.82, 2.24) is 4.98 Å². The van der Waals surface area contributed by atoms with Crippen molar-refractivity contribution in [3.63, 3.8) is 0 Å². The highest BCUT2D eigenvalue weighted by Crippen LogP contribution is 2.18. The van der Waals surface area contributed by atoms with Gasteiger partial charge in [-0.15, -0.1) is 11.8 Å². The molecule has 0 aliphatic rings. The Kier molecular flexibility index (Phi) is 4.99. The Morgan fingerprint density at radius 1 is 1.32 bits per heavy atom. The largest absolute Gasteiger partial charge is 0.307 e. The smallest absolute Gasteiger partial charge is 0.256 e. The van der Waals surface area contributed by atoms with Gasteiger partial charge >= 0.3 is 0 Å². The van der Waals surface area contributed by atoms with Crippen molar-refractivity contribution in [2.75, 3.05) is 11.1 Å². The van der Waals surface area contributed by atoms with Gasteiger partial charge in [0.25, 0.3) is 5.91 Å². The molecule has 0 unspecified atom stereocenters. The summed E-state index contributed by atoms with van der Waals surface area (Å²) in [5.41, 5.74) is 0.627. The molecule has 0 aliphatic heterocycles. The highest BCUT2D eigenvalue weighted by atomic mass is 79.9. The van der Waals surface area contributed by atoms with E-state index in [9.17, 15) is 4.79 Å². The van der Waals surface area contributed by atoms with Gasteiger partial charge < -0.3 is 5.32 Å². The minimum absolute atomic E-state index is 0.154. The Bertz CT molecular complexity index is 572. The number of carbonyl (C=O) groups is 1. The fourth-order valence-electron chi connectivity index (χ4n) is 1.53. The first-order valence-corrected chi connectivity index (χ1v) is 7.62. The van der Waals surface area contributed by atoms with Gasteiger partial charge in [-0.05, 0) is 42.2 Å². The van der Waals surface area contributed by atoms with Crippen LogP contribution in [0.1, 0.15) is 17.3 Å². The predicted octanol–water partition coefficient (Wildman–Crippen LogP) is 4.21. The zero-order chi connectivity index (χ0) is 13.7. The standard InChI is InChI=1S/C14H13BrN2OS/c1-2-19-12-5-3-10(4-6-12)14(18)17-13-9-11(15)7-8-16-13/h3-9H,2H2,1H3,(H,16,17,18). The number of thioether (sulfide) groups is 1. The number of carbonyl (C=O) groups excluding carboxylic acids is 1. The maximum Gasteiger partial charge on any atom is 0.256 e. The molecule has 2 rings (SSSR count). The van der Waals surface area contributed by atoms with Crippen LogP contribution in [0.5, 0.6) is 0 Å². The van der Waals surface area contributed by atoms with E-state index in [-0.39, 0.29) is 5.91 Å². The lowest BCUT2D eigenvalue weighted by atomic mass is 10.2. The van der Waals surface area contributed by atoms with Crippen LogP contribution in [0.15, 0.2) is 52.0 Å². The first kappa shape index (κ1) is 14.1. The molecule has 1 amide bonds. The van der Waals surface area contributed by atoms with E-state index in [1.165, 1.54) is 4.90 Å². The summed E-state index contributed by atoms with van der Waals surface area (Å²) < 4.78 is 0.882. The predicted molar refractivity (Wildman–Crippen MR) is 82.7 cm³/mol. The van der Waals surface area contributed by atoms with Gasteiger partial charge in [-0.2, -0.15) is 0 Å². The molecule has 1 aromatic heterocycles. The number of halogens is 1. The topological polar surface area (TPSA) is 42.0 Å². The van der Waals surface area contributed by atoms with Crippen molar-refractivity contribution in [2.24, 2.45) is 0 Å². The minimum Gasteiger partial charge on any atom is -0.307 e. The maximum absolute atomic E-state index is 12.0. The fraction of sp³-hybridized carbons (Fsp3) is 0.143. The molecule has 2 aromatic rings. The molecule has 98 valence electrons. The Balaban J connectivity index is 2.07. The molecule has 0 saturated carbocycles. The van der Waals surface area contributed by atoms with Gasteiger partial charge in [0.2, 0.25) is 0 Å². The Labute approximate surface area is 125 Å². The molecule has 5 heteroatoms. The van der Waals surface area contributed by atoms with Gasteiger partial charge in [0, 0.05) is 21.1 Å². The van der Waals surface area contributed by atoms with E-state index >= 15 is 0 Å². The highest BCUT2D eigenvalue weighted by Gasteiger charge is 2.06. The van der Waals surface area contributed by atoms with Gasteiger partial charge in [0.05, 0.1) is 0 Å². The van der Waals surface area contributed by atoms with Crippen molar-refractivity contribution in [3.8, 4) is 0 Å². The molecule has 0 atom stereocenters. The zero-order valence-electron chi connectivity index (χ0n) is 10.4. The van der Waals surface area contributed by atoms with Crippen LogP contribution < -0.4 is 5.32 Å². The molecule has 0 aliphatic carbocycles. The molecule has 0 fully saturated rings. The summed E-state index contributed by atoms with van der Waals surface area (Å²) >= 11 is 5.09. The van der Waals surface area contributed by atoms with E-state index in [1.54, 1.807) is 24.0 Å². The van der Waals surface area contributed by atoms with Crippen molar-refractivity contribution < 1.29 is 4.79 Å². The third kappa shape index (κ3) is 4.08. The van der Waals surface area contributed by atoms with E-state index in [1.807, 2.05) is 30.3 Å². The van der Waals surface area contributed by atoms with Crippen LogP contribution in [0.4, 0.5) is 5.82 Å². The second-order valence-electron chi connectivity index (χ2n) is 3.77. The molecule has 0 bridgehead atoms. The number of nitrogens with zero attached hydrogens (tertiary/aromatic N) is 1. The van der Waals surface area contributed by atoms with Crippen LogP contribution >= 0.6 is 27.7 Å². The van der Waals surface area contributed by atoms with E-state index < -0.39 is 0 Å². The molecule has 0 spiro atoms. The Morgan fingerprint density at radius 3 is 2.68 bits per heavy atom. The summed E-state index contributed by atoms with van der Waals surface area (Å²) in [5.74, 6) is 1.40. The molecular formula is C14H13BrN2OS. The lowest BCUT2D eigenvalue weighted by Crippen LogP contribution is -2.12. The van der Waals surface area contributed by atoms with Crippen LogP contribution in [0.25, 0.3) is 0 Å². The van der Waals surface area contributed by atoms with Crippen LogP contribution in [-0.2, 0) is 0 Å². The number of rotatable bonds is 4. The molecule has 3 nitrogen and oxygen atoms in total. The number of benzene rings is 1. The van der Waals surface area contributed by atoms with Crippen molar-refractivity contribution in [2.45, 2.75) is 11.8 Å². The Morgan fingerprint density at radius 2 is 2.05 bits per heavy atom. The maximum atomic E-state index is 12.0. The van der Waals surface area contributed by atoms with Crippen LogP contribution in [0.3, 0.4) is 0 Å². The molecule has 0 radical (unpaired) electrons. The quantitative estimate of drug-likeness (QED) is 0.850. The zero-order valence-corrected chi connectivity index (χ0v) is 12.8. The summed E-state index contributed by atoms with van der Waals surface area (Å²) in [7, 11) is 0. The van der Waals surface area contributed by atoms with E-state index in [0.29, 0.717) is 11.4 Å². The first-order valence-electron chi connectivity index (χ1n) is 5.85. The van der Waals surface area contributed by atoms with Crippen molar-refractivity contribution >= 4 is 39.4 Å². The van der Waals surface area contributed by atoms with E-state index in [4.69, 9.17) is 0 Å². The van der Waals surface area contributed by atoms with Gasteiger partial charge in [0.1, 0.15) is 5.82 Å². The number of hydrogen-bond donors (Lipinski definition) is 1. The average Bonchev–Trinajstić information content (AvgIpc) is 2.40. The molecule has 1 heterocycles. The molecular weight excluding hydrogens is 324 g/mol. The summed E-state index contributed by atoms with van der Waals surface area (Å²) in [6.45, 7) is 2.10. The number of nitrogens with one attached hydrogen (secondary N) is 1. The number of aromatic nitrogens is 1.